The van der Waals surface area contributed by atoms with E-state index in [2.05, 4.69) is 65.6 Å². The smallest absolute Gasteiger partial charge is 0.318 e. The highest BCUT2D eigenvalue weighted by Crippen LogP contribution is 2.48. The summed E-state index contributed by atoms with van der Waals surface area (Å²) < 4.78 is 5.52. The Labute approximate surface area is 173 Å². The van der Waals surface area contributed by atoms with Gasteiger partial charge in [-0.15, -0.1) is 0 Å². The molecule has 1 aliphatic carbocycles. The Morgan fingerprint density at radius 1 is 1.00 bits per heavy atom. The van der Waals surface area contributed by atoms with Gasteiger partial charge in [0.25, 0.3) is 0 Å². The maximum atomic E-state index is 12.8. The van der Waals surface area contributed by atoms with Gasteiger partial charge in [-0.1, -0.05) is 48.5 Å². The van der Waals surface area contributed by atoms with Crippen LogP contribution in [0.25, 0.3) is 0 Å². The predicted octanol–water partition coefficient (Wildman–Crippen LogP) is 3.99. The third kappa shape index (κ3) is 3.38. The predicted molar refractivity (Wildman–Crippen MR) is 115 cm³/mol. The quantitative estimate of drug-likeness (QED) is 0.835. The molecule has 1 saturated heterocycles. The molecule has 2 aliphatic rings. The minimum atomic E-state index is -0.133. The van der Waals surface area contributed by atoms with Gasteiger partial charge < -0.3 is 15.0 Å². The standard InChI is InChI=1S/C24H31N3O2/c1-26(2)24(20-10-5-4-6-11-20)15-13-23(14-16-24)18-25-22(28)27(23)17-19-9-7-8-12-21(19)29-3/h4-12H,13-18H2,1-3H3,(H,25,28). The second-order valence-corrected chi connectivity index (χ2v) is 8.57. The molecule has 29 heavy (non-hydrogen) atoms. The molecule has 1 saturated carbocycles. The van der Waals surface area contributed by atoms with E-state index in [9.17, 15) is 4.79 Å². The van der Waals surface area contributed by atoms with E-state index in [0.717, 1.165) is 43.5 Å². The summed E-state index contributed by atoms with van der Waals surface area (Å²) in [6, 6.07) is 18.8. The van der Waals surface area contributed by atoms with E-state index in [1.807, 2.05) is 18.2 Å². The Kier molecular flexibility index (Phi) is 5.26. The first-order valence-electron chi connectivity index (χ1n) is 10.4. The van der Waals surface area contributed by atoms with Crippen LogP contribution in [0.3, 0.4) is 0 Å². The van der Waals surface area contributed by atoms with Crippen molar-refractivity contribution < 1.29 is 9.53 Å². The molecule has 2 amide bonds. The Morgan fingerprint density at radius 3 is 2.31 bits per heavy atom. The number of amides is 2. The number of benzene rings is 2. The van der Waals surface area contributed by atoms with Gasteiger partial charge in [0.15, 0.2) is 0 Å². The summed E-state index contributed by atoms with van der Waals surface area (Å²) >= 11 is 0. The molecule has 154 valence electrons. The van der Waals surface area contributed by atoms with Crippen molar-refractivity contribution in [2.24, 2.45) is 0 Å². The molecule has 2 aromatic rings. The fourth-order valence-corrected chi connectivity index (χ4v) is 5.21. The Bertz CT molecular complexity index is 857. The van der Waals surface area contributed by atoms with Gasteiger partial charge in [0.05, 0.1) is 19.2 Å². The molecule has 5 nitrogen and oxygen atoms in total. The zero-order valence-corrected chi connectivity index (χ0v) is 17.6. The van der Waals surface area contributed by atoms with E-state index in [1.54, 1.807) is 7.11 Å². The number of methoxy groups -OCH3 is 1. The molecule has 0 aromatic heterocycles. The van der Waals surface area contributed by atoms with Gasteiger partial charge in [-0.2, -0.15) is 0 Å². The number of ether oxygens (including phenoxy) is 1. The first-order chi connectivity index (χ1) is 14.0. The molecular weight excluding hydrogens is 362 g/mol. The molecule has 2 aromatic carbocycles. The summed E-state index contributed by atoms with van der Waals surface area (Å²) in [6.45, 7) is 1.30. The lowest BCUT2D eigenvalue weighted by Crippen LogP contribution is -2.55. The maximum Gasteiger partial charge on any atom is 0.318 e. The Morgan fingerprint density at radius 2 is 1.66 bits per heavy atom. The largest absolute Gasteiger partial charge is 0.496 e. The number of carbonyl (C=O) groups is 1. The van der Waals surface area contributed by atoms with Crippen LogP contribution in [0.4, 0.5) is 4.79 Å². The fraction of sp³-hybridized carbons (Fsp3) is 0.458. The summed E-state index contributed by atoms with van der Waals surface area (Å²) in [5, 5.41) is 3.12. The molecule has 1 N–H and O–H groups in total. The van der Waals surface area contributed by atoms with Crippen molar-refractivity contribution in [1.82, 2.24) is 15.1 Å². The SMILES string of the molecule is COc1ccccc1CN1C(=O)NCC12CCC(c1ccccc1)(N(C)C)CC2. The van der Waals surface area contributed by atoms with E-state index >= 15 is 0 Å². The summed E-state index contributed by atoms with van der Waals surface area (Å²) in [6.07, 6.45) is 4.02. The van der Waals surface area contributed by atoms with Gasteiger partial charge in [-0.05, 0) is 51.4 Å². The van der Waals surface area contributed by atoms with Crippen molar-refractivity contribution in [3.05, 3.63) is 65.7 Å². The van der Waals surface area contributed by atoms with E-state index in [0.29, 0.717) is 6.54 Å². The first-order valence-corrected chi connectivity index (χ1v) is 10.4. The van der Waals surface area contributed by atoms with Crippen LogP contribution in [0.1, 0.15) is 36.8 Å². The van der Waals surface area contributed by atoms with Gasteiger partial charge in [0.1, 0.15) is 5.75 Å². The molecule has 1 aliphatic heterocycles. The molecular formula is C24H31N3O2. The van der Waals surface area contributed by atoms with E-state index in [1.165, 1.54) is 5.56 Å². The van der Waals surface area contributed by atoms with Crippen LogP contribution < -0.4 is 10.1 Å². The van der Waals surface area contributed by atoms with Gasteiger partial charge in [0.2, 0.25) is 0 Å². The summed E-state index contributed by atoms with van der Waals surface area (Å²) in [5.41, 5.74) is 2.31. The summed E-state index contributed by atoms with van der Waals surface area (Å²) in [5.74, 6) is 0.838. The Balaban J connectivity index is 1.59. The van der Waals surface area contributed by atoms with Crippen LogP contribution in [0, 0.1) is 0 Å². The van der Waals surface area contributed by atoms with Crippen LogP contribution >= 0.6 is 0 Å². The number of hydrogen-bond acceptors (Lipinski definition) is 3. The van der Waals surface area contributed by atoms with Gasteiger partial charge in [-0.25, -0.2) is 4.79 Å². The highest BCUT2D eigenvalue weighted by Gasteiger charge is 2.51. The highest BCUT2D eigenvalue weighted by atomic mass is 16.5. The fourth-order valence-electron chi connectivity index (χ4n) is 5.21. The van der Waals surface area contributed by atoms with Crippen molar-refractivity contribution in [2.45, 2.75) is 43.3 Å². The third-order valence-corrected chi connectivity index (χ3v) is 7.08. The molecule has 0 atom stereocenters. The third-order valence-electron chi connectivity index (χ3n) is 7.08. The van der Waals surface area contributed by atoms with E-state index in [-0.39, 0.29) is 17.1 Å². The molecule has 0 bridgehead atoms. The zero-order chi connectivity index (χ0) is 20.5. The zero-order valence-electron chi connectivity index (χ0n) is 17.6. The van der Waals surface area contributed by atoms with Crippen LogP contribution in [-0.4, -0.2) is 49.1 Å². The molecule has 2 fully saturated rings. The highest BCUT2D eigenvalue weighted by molar-refractivity contribution is 5.78. The summed E-state index contributed by atoms with van der Waals surface area (Å²) in [4.78, 5) is 17.2. The number of para-hydroxylation sites is 1. The van der Waals surface area contributed by atoms with Crippen LogP contribution in [0.2, 0.25) is 0 Å². The minimum Gasteiger partial charge on any atom is -0.496 e. The first kappa shape index (κ1) is 19.8. The molecule has 0 radical (unpaired) electrons. The van der Waals surface area contributed by atoms with Gasteiger partial charge in [0, 0.05) is 17.6 Å². The average molecular weight is 394 g/mol. The minimum absolute atomic E-state index is 0.0221. The topological polar surface area (TPSA) is 44.8 Å². The number of hydrogen-bond donors (Lipinski definition) is 1. The molecule has 5 heteroatoms. The van der Waals surface area contributed by atoms with Gasteiger partial charge >= 0.3 is 6.03 Å². The van der Waals surface area contributed by atoms with Gasteiger partial charge in [-0.3, -0.25) is 4.90 Å². The lowest BCUT2D eigenvalue weighted by molar-refractivity contribution is 0.0234. The lowest BCUT2D eigenvalue weighted by atomic mass is 9.68. The maximum absolute atomic E-state index is 12.8. The number of carbonyl (C=O) groups excluding carboxylic acids is 1. The number of urea groups is 1. The monoisotopic (exact) mass is 393 g/mol. The van der Waals surface area contributed by atoms with E-state index in [4.69, 9.17) is 4.74 Å². The van der Waals surface area contributed by atoms with Crippen LogP contribution in [0.15, 0.2) is 54.6 Å². The van der Waals surface area contributed by atoms with Crippen molar-refractivity contribution in [1.29, 1.82) is 0 Å². The van der Waals surface area contributed by atoms with Crippen molar-refractivity contribution in [3.63, 3.8) is 0 Å². The Hall–Kier alpha value is -2.53. The van der Waals surface area contributed by atoms with Crippen LogP contribution in [-0.2, 0) is 12.1 Å². The average Bonchev–Trinajstić information content (AvgIpc) is 3.05. The number of nitrogens with one attached hydrogen (secondary N) is 1. The second kappa shape index (κ2) is 7.71. The molecule has 0 unspecified atom stereocenters. The molecule has 1 spiro atoms. The van der Waals surface area contributed by atoms with Crippen molar-refractivity contribution in [2.75, 3.05) is 27.7 Å². The van der Waals surface area contributed by atoms with Crippen molar-refractivity contribution >= 4 is 6.03 Å². The number of nitrogens with zero attached hydrogens (tertiary/aromatic N) is 2. The normalized spacial score (nSPS) is 26.8. The van der Waals surface area contributed by atoms with Crippen molar-refractivity contribution in [3.8, 4) is 5.75 Å². The van der Waals surface area contributed by atoms with E-state index < -0.39 is 0 Å². The summed E-state index contributed by atoms with van der Waals surface area (Å²) in [7, 11) is 6.04. The molecule has 1 heterocycles. The van der Waals surface area contributed by atoms with Crippen LogP contribution in [0.5, 0.6) is 5.75 Å². The molecule has 4 rings (SSSR count). The number of rotatable bonds is 5. The lowest BCUT2D eigenvalue weighted by Gasteiger charge is -2.51. The second-order valence-electron chi connectivity index (χ2n) is 8.57.